The van der Waals surface area contributed by atoms with Gasteiger partial charge in [0.1, 0.15) is 0 Å². The van der Waals surface area contributed by atoms with Crippen LogP contribution < -0.4 is 0 Å². The van der Waals surface area contributed by atoms with Crippen molar-refractivity contribution in [2.75, 3.05) is 13.3 Å². The zero-order valence-corrected chi connectivity index (χ0v) is 8.11. The Balaban J connectivity index is 2.41. The SMILES string of the molecule is CP(C)(=O)OCc1cs[c]n1. The summed E-state index contributed by atoms with van der Waals surface area (Å²) < 4.78 is 16.1. The molecule has 1 aromatic rings. The van der Waals surface area contributed by atoms with E-state index in [1.54, 1.807) is 13.3 Å². The summed E-state index contributed by atoms with van der Waals surface area (Å²) in [5, 5.41) is 1.83. The van der Waals surface area contributed by atoms with E-state index in [4.69, 9.17) is 4.52 Å². The molecule has 0 aromatic carbocycles. The fraction of sp³-hybridized carbons (Fsp3) is 0.500. The first-order valence-corrected chi connectivity index (χ1v) is 6.48. The van der Waals surface area contributed by atoms with Gasteiger partial charge in [-0.3, -0.25) is 4.57 Å². The number of aromatic nitrogens is 1. The van der Waals surface area contributed by atoms with Crippen LogP contribution in [-0.2, 0) is 15.7 Å². The predicted octanol–water partition coefficient (Wildman–Crippen LogP) is 2.00. The molecule has 0 atom stereocenters. The molecule has 1 radical (unpaired) electrons. The molecule has 0 aliphatic heterocycles. The molecule has 0 saturated carbocycles. The molecule has 0 unspecified atom stereocenters. The number of hydrogen-bond donors (Lipinski definition) is 0. The van der Waals surface area contributed by atoms with Gasteiger partial charge in [0, 0.05) is 18.7 Å². The zero-order valence-electron chi connectivity index (χ0n) is 6.40. The Labute approximate surface area is 69.9 Å². The van der Waals surface area contributed by atoms with E-state index in [1.807, 2.05) is 5.38 Å². The van der Waals surface area contributed by atoms with Crippen LogP contribution in [0.4, 0.5) is 0 Å². The molecule has 0 bridgehead atoms. The second-order valence-corrected chi connectivity index (χ2v) is 5.87. The van der Waals surface area contributed by atoms with Crippen molar-refractivity contribution in [1.29, 1.82) is 0 Å². The van der Waals surface area contributed by atoms with Crippen molar-refractivity contribution in [3.05, 3.63) is 16.6 Å². The van der Waals surface area contributed by atoms with E-state index in [9.17, 15) is 4.57 Å². The summed E-state index contributed by atoms with van der Waals surface area (Å²) in [6.07, 6.45) is 0. The van der Waals surface area contributed by atoms with E-state index in [2.05, 4.69) is 10.5 Å². The number of hydrogen-bond acceptors (Lipinski definition) is 4. The van der Waals surface area contributed by atoms with Crippen LogP contribution in [0, 0.1) is 5.51 Å². The fourth-order valence-electron chi connectivity index (χ4n) is 0.494. The lowest BCUT2D eigenvalue weighted by Gasteiger charge is -2.05. The van der Waals surface area contributed by atoms with E-state index in [-0.39, 0.29) is 0 Å². The van der Waals surface area contributed by atoms with Gasteiger partial charge in [-0.25, -0.2) is 4.98 Å². The fourth-order valence-corrected chi connectivity index (χ4v) is 1.42. The first-order valence-electron chi connectivity index (χ1n) is 3.08. The smallest absolute Gasteiger partial charge is 0.197 e. The molecule has 0 aliphatic carbocycles. The average molecular weight is 190 g/mol. The molecular weight excluding hydrogens is 181 g/mol. The largest absolute Gasteiger partial charge is 0.322 e. The van der Waals surface area contributed by atoms with Gasteiger partial charge in [0.2, 0.25) is 0 Å². The molecule has 0 saturated heterocycles. The van der Waals surface area contributed by atoms with Gasteiger partial charge in [-0.15, -0.1) is 11.3 Å². The maximum atomic E-state index is 11.1. The molecule has 3 nitrogen and oxygen atoms in total. The first kappa shape index (κ1) is 8.91. The minimum Gasteiger partial charge on any atom is -0.322 e. The standard InChI is InChI=1S/C6H9NO2PS/c1-10(2,8)9-3-6-4-11-5-7-6/h4H,3H2,1-2H3. The summed E-state index contributed by atoms with van der Waals surface area (Å²) in [4.78, 5) is 3.87. The highest BCUT2D eigenvalue weighted by Crippen LogP contribution is 2.38. The molecule has 1 rings (SSSR count). The average Bonchev–Trinajstić information content (AvgIpc) is 2.32. The van der Waals surface area contributed by atoms with Crippen LogP contribution >= 0.6 is 18.7 Å². The third-order valence-electron chi connectivity index (χ3n) is 0.960. The van der Waals surface area contributed by atoms with Crippen molar-refractivity contribution in [3.63, 3.8) is 0 Å². The highest BCUT2D eigenvalue weighted by Gasteiger charge is 2.07. The third-order valence-corrected chi connectivity index (χ3v) is 2.30. The van der Waals surface area contributed by atoms with Gasteiger partial charge < -0.3 is 4.52 Å². The van der Waals surface area contributed by atoms with Crippen LogP contribution in [0.15, 0.2) is 5.38 Å². The van der Waals surface area contributed by atoms with Gasteiger partial charge in [0.25, 0.3) is 0 Å². The molecule has 61 valence electrons. The summed E-state index contributed by atoms with van der Waals surface area (Å²) in [5.41, 5.74) is 3.48. The van der Waals surface area contributed by atoms with E-state index >= 15 is 0 Å². The number of nitrogens with zero attached hydrogens (tertiary/aromatic N) is 1. The summed E-state index contributed by atoms with van der Waals surface area (Å²) in [6.45, 7) is 3.50. The van der Waals surface area contributed by atoms with Crippen molar-refractivity contribution in [2.24, 2.45) is 0 Å². The number of rotatable bonds is 3. The van der Waals surface area contributed by atoms with Crippen LogP contribution in [0.2, 0.25) is 0 Å². The van der Waals surface area contributed by atoms with Crippen molar-refractivity contribution in [1.82, 2.24) is 4.98 Å². The van der Waals surface area contributed by atoms with Crippen LogP contribution in [0.3, 0.4) is 0 Å². The van der Waals surface area contributed by atoms with Crippen molar-refractivity contribution in [3.8, 4) is 0 Å². The lowest BCUT2D eigenvalue weighted by atomic mass is 10.5. The second-order valence-electron chi connectivity index (χ2n) is 2.46. The first-order chi connectivity index (χ1) is 5.08. The van der Waals surface area contributed by atoms with Crippen molar-refractivity contribution >= 4 is 18.7 Å². The summed E-state index contributed by atoms with van der Waals surface area (Å²) >= 11 is 1.38. The Morgan fingerprint density at radius 3 is 3.00 bits per heavy atom. The Kier molecular flexibility index (Phi) is 2.82. The lowest BCUT2D eigenvalue weighted by molar-refractivity contribution is 0.306. The maximum Gasteiger partial charge on any atom is 0.197 e. The molecular formula is C6H9NO2PS. The molecule has 0 fully saturated rings. The lowest BCUT2D eigenvalue weighted by Crippen LogP contribution is -1.89. The summed E-state index contributed by atoms with van der Waals surface area (Å²) in [5.74, 6) is 0. The number of thiazole rings is 1. The van der Waals surface area contributed by atoms with Crippen molar-refractivity contribution < 1.29 is 9.09 Å². The summed E-state index contributed by atoms with van der Waals surface area (Å²) in [7, 11) is -2.36. The van der Waals surface area contributed by atoms with Crippen LogP contribution in [0.1, 0.15) is 5.69 Å². The highest BCUT2D eigenvalue weighted by atomic mass is 32.1. The minimum atomic E-state index is -2.36. The zero-order chi connectivity index (χ0) is 8.32. The molecule has 1 heterocycles. The maximum absolute atomic E-state index is 11.1. The summed E-state index contributed by atoms with van der Waals surface area (Å²) in [6, 6.07) is 0. The Morgan fingerprint density at radius 1 is 1.82 bits per heavy atom. The normalized spacial score (nSPS) is 11.8. The Morgan fingerprint density at radius 2 is 2.55 bits per heavy atom. The van der Waals surface area contributed by atoms with Gasteiger partial charge in [0.05, 0.1) is 12.3 Å². The molecule has 11 heavy (non-hydrogen) atoms. The second kappa shape index (κ2) is 3.48. The molecule has 0 aliphatic rings. The minimum absolute atomic E-state index is 0.324. The monoisotopic (exact) mass is 190 g/mol. The van der Waals surface area contributed by atoms with Crippen LogP contribution in [0.25, 0.3) is 0 Å². The van der Waals surface area contributed by atoms with E-state index in [1.165, 1.54) is 11.3 Å². The van der Waals surface area contributed by atoms with Gasteiger partial charge >= 0.3 is 0 Å². The third kappa shape index (κ3) is 3.65. The van der Waals surface area contributed by atoms with Gasteiger partial charge in [-0.1, -0.05) is 0 Å². The predicted molar refractivity (Wildman–Crippen MR) is 45.2 cm³/mol. The quantitative estimate of drug-likeness (QED) is 0.684. The molecule has 1 aromatic heterocycles. The Bertz CT molecular complexity index is 254. The molecule has 5 heteroatoms. The van der Waals surface area contributed by atoms with E-state index in [0.29, 0.717) is 6.61 Å². The van der Waals surface area contributed by atoms with Gasteiger partial charge in [-0.05, 0) is 0 Å². The van der Waals surface area contributed by atoms with E-state index in [0.717, 1.165) is 5.69 Å². The van der Waals surface area contributed by atoms with Crippen LogP contribution in [-0.4, -0.2) is 18.3 Å². The van der Waals surface area contributed by atoms with Gasteiger partial charge in [-0.2, -0.15) is 0 Å². The molecule has 0 N–H and O–H groups in total. The topological polar surface area (TPSA) is 39.2 Å². The molecule has 0 spiro atoms. The van der Waals surface area contributed by atoms with Crippen molar-refractivity contribution in [2.45, 2.75) is 6.61 Å². The highest BCUT2D eigenvalue weighted by molar-refractivity contribution is 7.57. The Hall–Kier alpha value is -0.180. The van der Waals surface area contributed by atoms with E-state index < -0.39 is 7.37 Å². The van der Waals surface area contributed by atoms with Gasteiger partial charge in [0.15, 0.2) is 12.9 Å². The van der Waals surface area contributed by atoms with Crippen LogP contribution in [0.5, 0.6) is 0 Å². The molecule has 0 amide bonds.